The number of ether oxygens (including phenoxy) is 1. The number of sulfone groups is 1. The Morgan fingerprint density at radius 2 is 1.95 bits per heavy atom. The summed E-state index contributed by atoms with van der Waals surface area (Å²) in [6.07, 6.45) is 1.05. The smallest absolute Gasteiger partial charge is 0.329 e. The van der Waals surface area contributed by atoms with Crippen LogP contribution in [-0.4, -0.2) is 62.2 Å². The fraction of sp³-hybridized carbons (Fsp3) is 0.700. The van der Waals surface area contributed by atoms with E-state index in [4.69, 9.17) is 5.11 Å². The molecule has 0 aromatic heterocycles. The third-order valence-electron chi connectivity index (χ3n) is 2.66. The van der Waals surface area contributed by atoms with Crippen molar-refractivity contribution in [1.29, 1.82) is 0 Å². The van der Waals surface area contributed by atoms with Crippen LogP contribution in [0.25, 0.3) is 0 Å². The Hall–Kier alpha value is -1.68. The van der Waals surface area contributed by atoms with Crippen molar-refractivity contribution in [2.24, 2.45) is 0 Å². The second-order valence-corrected chi connectivity index (χ2v) is 6.68. The minimum atomic E-state index is -3.15. The van der Waals surface area contributed by atoms with Gasteiger partial charge in [0.25, 0.3) is 5.91 Å². The van der Waals surface area contributed by atoms with Gasteiger partial charge in [-0.2, -0.15) is 0 Å². The number of urea groups is 1. The van der Waals surface area contributed by atoms with Crippen LogP contribution in [0.3, 0.4) is 0 Å². The summed E-state index contributed by atoms with van der Waals surface area (Å²) < 4.78 is 27.5. The zero-order chi connectivity index (χ0) is 15.2. The number of nitrogens with one attached hydrogen (secondary N) is 2. The summed E-state index contributed by atoms with van der Waals surface area (Å²) in [6, 6.07) is -0.837. The molecule has 1 saturated heterocycles. The number of rotatable bonds is 6. The first-order valence-electron chi connectivity index (χ1n) is 5.90. The monoisotopic (exact) mass is 308 g/mol. The lowest BCUT2D eigenvalue weighted by Gasteiger charge is -2.11. The van der Waals surface area contributed by atoms with Crippen LogP contribution in [0.1, 0.15) is 12.8 Å². The molecule has 0 bridgehead atoms. The van der Waals surface area contributed by atoms with E-state index in [1.807, 2.05) is 5.32 Å². The molecule has 0 saturated carbocycles. The second kappa shape index (κ2) is 7.20. The van der Waals surface area contributed by atoms with Gasteiger partial charge in [-0.15, -0.1) is 0 Å². The van der Waals surface area contributed by atoms with Gasteiger partial charge in [-0.25, -0.2) is 18.0 Å². The highest BCUT2D eigenvalue weighted by Gasteiger charge is 2.31. The second-order valence-electron chi connectivity index (χ2n) is 4.28. The molecule has 0 spiro atoms. The number of carboxylic acids is 1. The molecular formula is C10H16N2O7S. The third-order valence-corrected chi connectivity index (χ3v) is 4.94. The highest BCUT2D eigenvalue weighted by Crippen LogP contribution is 2.18. The van der Waals surface area contributed by atoms with Crippen molar-refractivity contribution in [3.05, 3.63) is 0 Å². The number of carbonyl (C=O) groups excluding carboxylic acids is 2. The summed E-state index contributed by atoms with van der Waals surface area (Å²) in [5.41, 5.74) is 0. The molecule has 3 amide bonds. The van der Waals surface area contributed by atoms with Gasteiger partial charge in [0.05, 0.1) is 11.0 Å². The van der Waals surface area contributed by atoms with Gasteiger partial charge in [0, 0.05) is 6.54 Å². The lowest BCUT2D eigenvalue weighted by molar-refractivity contribution is -0.143. The van der Waals surface area contributed by atoms with E-state index in [1.165, 1.54) is 0 Å². The molecule has 1 aliphatic rings. The molecule has 9 nitrogen and oxygen atoms in total. The molecule has 1 heterocycles. The Bertz CT molecular complexity index is 488. The molecule has 114 valence electrons. The SMILES string of the molecule is O=C(O)COCC(=O)NC(=O)NCC1CCCS1(=O)=O. The average Bonchev–Trinajstić information content (AvgIpc) is 2.65. The number of hydrogen-bond donors (Lipinski definition) is 3. The summed E-state index contributed by atoms with van der Waals surface area (Å²) in [6.45, 7) is -1.27. The van der Waals surface area contributed by atoms with E-state index in [2.05, 4.69) is 10.1 Å². The Labute approximate surface area is 115 Å². The fourth-order valence-electron chi connectivity index (χ4n) is 1.73. The zero-order valence-corrected chi connectivity index (χ0v) is 11.4. The molecule has 1 fully saturated rings. The molecule has 0 aromatic carbocycles. The van der Waals surface area contributed by atoms with E-state index in [0.717, 1.165) is 0 Å². The van der Waals surface area contributed by atoms with Crippen molar-refractivity contribution in [3.63, 3.8) is 0 Å². The van der Waals surface area contributed by atoms with E-state index in [0.29, 0.717) is 12.8 Å². The first-order valence-corrected chi connectivity index (χ1v) is 7.61. The van der Waals surface area contributed by atoms with Crippen LogP contribution < -0.4 is 10.6 Å². The number of carboxylic acid groups (broad SMARTS) is 1. The Morgan fingerprint density at radius 1 is 1.25 bits per heavy atom. The summed E-state index contributed by atoms with van der Waals surface area (Å²) in [7, 11) is -3.15. The van der Waals surface area contributed by atoms with Crippen LogP contribution >= 0.6 is 0 Å². The lowest BCUT2D eigenvalue weighted by Crippen LogP contribution is -2.44. The van der Waals surface area contributed by atoms with Crippen molar-refractivity contribution in [3.8, 4) is 0 Å². The summed E-state index contributed by atoms with van der Waals surface area (Å²) in [5, 5.41) is 11.8. The molecule has 1 unspecified atom stereocenters. The fourth-order valence-corrected chi connectivity index (χ4v) is 3.50. The zero-order valence-electron chi connectivity index (χ0n) is 10.6. The predicted octanol–water partition coefficient (Wildman–Crippen LogP) is -1.51. The van der Waals surface area contributed by atoms with Crippen LogP contribution in [-0.2, 0) is 24.2 Å². The molecule has 1 aliphatic heterocycles. The quantitative estimate of drug-likeness (QED) is 0.542. The van der Waals surface area contributed by atoms with Crippen molar-refractivity contribution < 1.29 is 32.6 Å². The van der Waals surface area contributed by atoms with E-state index < -0.39 is 46.2 Å². The normalized spacial score (nSPS) is 20.3. The van der Waals surface area contributed by atoms with Crippen molar-refractivity contribution in [1.82, 2.24) is 10.6 Å². The minimum absolute atomic E-state index is 0.0581. The maximum atomic E-state index is 11.5. The van der Waals surface area contributed by atoms with Gasteiger partial charge in [0.2, 0.25) is 0 Å². The first-order chi connectivity index (χ1) is 9.31. The van der Waals surface area contributed by atoms with E-state index >= 15 is 0 Å². The molecule has 1 atom stereocenters. The molecule has 10 heteroatoms. The van der Waals surface area contributed by atoms with Crippen LogP contribution in [0.2, 0.25) is 0 Å². The van der Waals surface area contributed by atoms with Crippen LogP contribution in [0, 0.1) is 0 Å². The summed E-state index contributed by atoms with van der Waals surface area (Å²) >= 11 is 0. The van der Waals surface area contributed by atoms with E-state index in [-0.39, 0.29) is 12.3 Å². The third kappa shape index (κ3) is 5.53. The number of aliphatic carboxylic acids is 1. The first kappa shape index (κ1) is 16.4. The van der Waals surface area contributed by atoms with Gasteiger partial charge in [-0.3, -0.25) is 10.1 Å². The molecule has 0 radical (unpaired) electrons. The van der Waals surface area contributed by atoms with Gasteiger partial charge in [-0.05, 0) is 12.8 Å². The van der Waals surface area contributed by atoms with Crippen molar-refractivity contribution in [2.45, 2.75) is 18.1 Å². The summed E-state index contributed by atoms with van der Waals surface area (Å²) in [4.78, 5) is 32.6. The molecular weight excluding hydrogens is 292 g/mol. The number of carbonyl (C=O) groups is 3. The van der Waals surface area contributed by atoms with Crippen molar-refractivity contribution in [2.75, 3.05) is 25.5 Å². The van der Waals surface area contributed by atoms with Crippen molar-refractivity contribution >= 4 is 27.7 Å². The van der Waals surface area contributed by atoms with E-state index in [9.17, 15) is 22.8 Å². The average molecular weight is 308 g/mol. The Morgan fingerprint density at radius 3 is 2.50 bits per heavy atom. The Balaban J connectivity index is 2.23. The maximum Gasteiger partial charge on any atom is 0.329 e. The van der Waals surface area contributed by atoms with Gasteiger partial charge in [-0.1, -0.05) is 0 Å². The lowest BCUT2D eigenvalue weighted by atomic mass is 10.2. The Kier molecular flexibility index (Phi) is 5.89. The molecule has 3 N–H and O–H groups in total. The molecule has 20 heavy (non-hydrogen) atoms. The number of amides is 3. The van der Waals surface area contributed by atoms with Gasteiger partial charge < -0.3 is 15.2 Å². The van der Waals surface area contributed by atoms with Crippen LogP contribution in [0.15, 0.2) is 0 Å². The van der Waals surface area contributed by atoms with Gasteiger partial charge >= 0.3 is 12.0 Å². The number of hydrogen-bond acceptors (Lipinski definition) is 6. The highest BCUT2D eigenvalue weighted by atomic mass is 32.2. The van der Waals surface area contributed by atoms with Gasteiger partial charge in [0.1, 0.15) is 13.2 Å². The number of imide groups is 1. The largest absolute Gasteiger partial charge is 0.480 e. The molecule has 0 aliphatic carbocycles. The summed E-state index contributed by atoms with van der Waals surface area (Å²) in [5.74, 6) is -1.92. The van der Waals surface area contributed by atoms with Crippen LogP contribution in [0.5, 0.6) is 0 Å². The maximum absolute atomic E-state index is 11.5. The predicted molar refractivity (Wildman–Crippen MR) is 66.8 cm³/mol. The molecule has 1 rings (SSSR count). The van der Waals surface area contributed by atoms with Crippen LogP contribution in [0.4, 0.5) is 4.79 Å². The topological polar surface area (TPSA) is 139 Å². The van der Waals surface area contributed by atoms with Gasteiger partial charge in [0.15, 0.2) is 9.84 Å². The molecule has 0 aromatic rings. The standard InChI is InChI=1S/C10H16N2O7S/c13-8(5-19-6-9(14)15)12-10(16)11-4-7-2-1-3-20(7,17)18/h7H,1-6H2,(H,14,15)(H2,11,12,13,16). The highest BCUT2D eigenvalue weighted by molar-refractivity contribution is 7.92. The van der Waals surface area contributed by atoms with E-state index in [1.54, 1.807) is 0 Å². The minimum Gasteiger partial charge on any atom is -0.480 e.